The van der Waals surface area contributed by atoms with Crippen molar-refractivity contribution in [1.29, 1.82) is 0 Å². The van der Waals surface area contributed by atoms with Gasteiger partial charge in [-0.3, -0.25) is 9.59 Å². The molecule has 0 atom stereocenters. The van der Waals surface area contributed by atoms with Gasteiger partial charge in [-0.1, -0.05) is 6.92 Å². The molecular formula is C20H20FNO2. The Morgan fingerprint density at radius 1 is 0.875 bits per heavy atom. The van der Waals surface area contributed by atoms with E-state index in [0.717, 1.165) is 53.9 Å². The maximum absolute atomic E-state index is 13.4. The van der Waals surface area contributed by atoms with Gasteiger partial charge in [0.25, 0.3) is 0 Å². The summed E-state index contributed by atoms with van der Waals surface area (Å²) < 4.78 is 13.4. The highest BCUT2D eigenvalue weighted by Crippen LogP contribution is 2.46. The largest absolute Gasteiger partial charge is 0.317 e. The molecule has 1 aliphatic heterocycles. The van der Waals surface area contributed by atoms with Gasteiger partial charge in [0, 0.05) is 47.0 Å². The van der Waals surface area contributed by atoms with E-state index in [0.29, 0.717) is 12.8 Å². The summed E-state index contributed by atoms with van der Waals surface area (Å²) in [5.74, 6) is -0.0964. The Morgan fingerprint density at radius 2 is 1.38 bits per heavy atom. The Balaban J connectivity index is 1.93. The zero-order valence-corrected chi connectivity index (χ0v) is 13.8. The maximum Gasteiger partial charge on any atom is 0.161 e. The Kier molecular flexibility index (Phi) is 3.63. The molecule has 3 nitrogen and oxygen atoms in total. The first-order valence-electron chi connectivity index (χ1n) is 8.66. The smallest absolute Gasteiger partial charge is 0.161 e. The van der Waals surface area contributed by atoms with Crippen molar-refractivity contribution in [3.63, 3.8) is 0 Å². The second kappa shape index (κ2) is 5.69. The minimum atomic E-state index is -0.285. The fraction of sp³-hybridized carbons (Fsp3) is 0.400. The third-order valence-corrected chi connectivity index (χ3v) is 5.35. The molecular weight excluding hydrogens is 305 g/mol. The average Bonchev–Trinajstić information content (AvgIpc) is 2.56. The number of ketones is 2. The molecule has 0 N–H and O–H groups in total. The van der Waals surface area contributed by atoms with Crippen LogP contribution in [-0.2, 0) is 9.59 Å². The molecule has 0 bridgehead atoms. The predicted octanol–water partition coefficient (Wildman–Crippen LogP) is 4.30. The molecule has 4 heteroatoms. The molecule has 0 radical (unpaired) electrons. The average molecular weight is 325 g/mol. The molecule has 1 heterocycles. The second-order valence-corrected chi connectivity index (χ2v) is 6.81. The van der Waals surface area contributed by atoms with Crippen molar-refractivity contribution < 1.29 is 14.0 Å². The van der Waals surface area contributed by atoms with E-state index < -0.39 is 0 Å². The summed E-state index contributed by atoms with van der Waals surface area (Å²) in [6.07, 6.45) is 4.42. The molecule has 0 spiro atoms. The molecule has 4 rings (SSSR count). The van der Waals surface area contributed by atoms with Crippen LogP contribution in [0.4, 0.5) is 10.1 Å². The van der Waals surface area contributed by atoms with Crippen molar-refractivity contribution >= 4 is 17.3 Å². The molecule has 124 valence electrons. The molecule has 2 aliphatic carbocycles. The molecule has 0 saturated heterocycles. The topological polar surface area (TPSA) is 37.4 Å². The maximum atomic E-state index is 13.4. The van der Waals surface area contributed by atoms with Gasteiger partial charge in [0.05, 0.1) is 0 Å². The first-order valence-corrected chi connectivity index (χ1v) is 8.66. The van der Waals surface area contributed by atoms with Crippen LogP contribution in [0.1, 0.15) is 45.4 Å². The summed E-state index contributed by atoms with van der Waals surface area (Å²) in [7, 11) is 0. The Labute approximate surface area is 140 Å². The number of hydrogen-bond donors (Lipinski definition) is 0. The van der Waals surface area contributed by atoms with Gasteiger partial charge < -0.3 is 4.90 Å². The van der Waals surface area contributed by atoms with E-state index in [-0.39, 0.29) is 23.3 Å². The molecule has 0 amide bonds. The predicted molar refractivity (Wildman–Crippen MR) is 89.8 cm³/mol. The van der Waals surface area contributed by atoms with E-state index in [9.17, 15) is 14.0 Å². The quantitative estimate of drug-likeness (QED) is 0.773. The highest BCUT2D eigenvalue weighted by Gasteiger charge is 2.40. The zero-order chi connectivity index (χ0) is 16.8. The standard InChI is InChI=1S/C20H20FNO2/c1-12-19-15(4-2-6-17(19)23)22(14-10-8-13(21)9-11-14)16-5-3-7-18(24)20(12)16/h8-12H,2-7H2,1H3. The lowest BCUT2D eigenvalue weighted by Crippen LogP contribution is -2.39. The number of rotatable bonds is 1. The van der Waals surface area contributed by atoms with Gasteiger partial charge in [0.2, 0.25) is 0 Å². The normalized spacial score (nSPS) is 22.0. The number of hydrogen-bond acceptors (Lipinski definition) is 3. The molecule has 0 unspecified atom stereocenters. The number of anilines is 1. The summed E-state index contributed by atoms with van der Waals surface area (Å²) in [6.45, 7) is 1.99. The molecule has 1 aromatic rings. The number of nitrogens with zero attached hydrogens (tertiary/aromatic N) is 1. The van der Waals surface area contributed by atoms with Crippen LogP contribution in [0.5, 0.6) is 0 Å². The SMILES string of the molecule is CC1C2=C(CCCC2=O)N(c2ccc(F)cc2)C2=C1C(=O)CCC2. The number of carbonyl (C=O) groups is 2. The van der Waals surface area contributed by atoms with Gasteiger partial charge in [0.15, 0.2) is 11.6 Å². The molecule has 3 aliphatic rings. The van der Waals surface area contributed by atoms with Crippen LogP contribution in [0, 0.1) is 11.7 Å². The number of Topliss-reactive ketones (excluding diaryl/α,β-unsaturated/α-hetero) is 2. The van der Waals surface area contributed by atoms with Gasteiger partial charge >= 0.3 is 0 Å². The van der Waals surface area contributed by atoms with Crippen LogP contribution in [-0.4, -0.2) is 11.6 Å². The second-order valence-electron chi connectivity index (χ2n) is 6.81. The molecule has 0 aromatic heterocycles. The lowest BCUT2D eigenvalue weighted by atomic mass is 9.74. The highest BCUT2D eigenvalue weighted by molar-refractivity contribution is 6.06. The van der Waals surface area contributed by atoms with Crippen LogP contribution >= 0.6 is 0 Å². The number of benzene rings is 1. The zero-order valence-electron chi connectivity index (χ0n) is 13.8. The third-order valence-electron chi connectivity index (χ3n) is 5.35. The van der Waals surface area contributed by atoms with Gasteiger partial charge in [-0.25, -0.2) is 4.39 Å². The van der Waals surface area contributed by atoms with Crippen molar-refractivity contribution in [1.82, 2.24) is 0 Å². The van der Waals surface area contributed by atoms with Gasteiger partial charge in [-0.15, -0.1) is 0 Å². The van der Waals surface area contributed by atoms with Gasteiger partial charge in [-0.2, -0.15) is 0 Å². The lowest BCUT2D eigenvalue weighted by Gasteiger charge is -2.42. The number of halogens is 1. The van der Waals surface area contributed by atoms with Crippen molar-refractivity contribution in [3.05, 3.63) is 52.6 Å². The van der Waals surface area contributed by atoms with E-state index in [1.165, 1.54) is 12.1 Å². The first-order chi connectivity index (χ1) is 11.6. The Morgan fingerprint density at radius 3 is 1.88 bits per heavy atom. The van der Waals surface area contributed by atoms with Crippen LogP contribution in [0.3, 0.4) is 0 Å². The van der Waals surface area contributed by atoms with E-state index in [4.69, 9.17) is 0 Å². The summed E-state index contributed by atoms with van der Waals surface area (Å²) in [5, 5.41) is 0. The minimum Gasteiger partial charge on any atom is -0.317 e. The van der Waals surface area contributed by atoms with Crippen molar-refractivity contribution in [2.45, 2.75) is 45.4 Å². The van der Waals surface area contributed by atoms with E-state index in [1.807, 2.05) is 6.92 Å². The van der Waals surface area contributed by atoms with Crippen LogP contribution < -0.4 is 4.90 Å². The molecule has 24 heavy (non-hydrogen) atoms. The molecule has 0 saturated carbocycles. The van der Waals surface area contributed by atoms with Gasteiger partial charge in [-0.05, 0) is 49.9 Å². The minimum absolute atomic E-state index is 0.118. The number of allylic oxidation sites excluding steroid dienone is 4. The summed E-state index contributed by atoms with van der Waals surface area (Å²) in [5.41, 5.74) is 4.45. The van der Waals surface area contributed by atoms with E-state index in [1.54, 1.807) is 12.1 Å². The Bertz CT molecular complexity index is 744. The van der Waals surface area contributed by atoms with Crippen LogP contribution in [0.25, 0.3) is 0 Å². The highest BCUT2D eigenvalue weighted by atomic mass is 19.1. The van der Waals surface area contributed by atoms with Crippen LogP contribution in [0.2, 0.25) is 0 Å². The van der Waals surface area contributed by atoms with Crippen molar-refractivity contribution in [2.75, 3.05) is 4.90 Å². The monoisotopic (exact) mass is 325 g/mol. The fourth-order valence-corrected chi connectivity index (χ4v) is 4.35. The van der Waals surface area contributed by atoms with Crippen molar-refractivity contribution in [2.24, 2.45) is 5.92 Å². The van der Waals surface area contributed by atoms with Gasteiger partial charge in [0.1, 0.15) is 5.82 Å². The summed E-state index contributed by atoms with van der Waals surface area (Å²) in [4.78, 5) is 27.2. The third kappa shape index (κ3) is 2.24. The van der Waals surface area contributed by atoms with E-state index >= 15 is 0 Å². The first kappa shape index (κ1) is 15.3. The fourth-order valence-electron chi connectivity index (χ4n) is 4.35. The lowest BCUT2D eigenvalue weighted by molar-refractivity contribution is -0.117. The van der Waals surface area contributed by atoms with Crippen LogP contribution in [0.15, 0.2) is 46.8 Å². The summed E-state index contributed by atoms with van der Waals surface area (Å²) in [6, 6.07) is 6.34. The number of carbonyl (C=O) groups excluding carboxylic acids is 2. The van der Waals surface area contributed by atoms with Crippen molar-refractivity contribution in [3.8, 4) is 0 Å². The van der Waals surface area contributed by atoms with E-state index in [2.05, 4.69) is 4.90 Å². The molecule has 0 fully saturated rings. The Hall–Kier alpha value is -2.23. The molecule has 1 aromatic carbocycles. The summed E-state index contributed by atoms with van der Waals surface area (Å²) >= 11 is 0.